The largest absolute Gasteiger partial charge is 0.351 e. The molecular weight excluding hydrogens is 402 g/mol. The number of amides is 3. The number of benzene rings is 1. The molecule has 9 heteroatoms. The van der Waals surface area contributed by atoms with E-state index in [0.717, 1.165) is 0 Å². The van der Waals surface area contributed by atoms with E-state index in [1.165, 1.54) is 11.3 Å². The third kappa shape index (κ3) is 6.02. The maximum absolute atomic E-state index is 12.4. The molecule has 3 amide bonds. The molecule has 1 atom stereocenters. The average molecular weight is 426 g/mol. The zero-order valence-corrected chi connectivity index (χ0v) is 17.3. The van der Waals surface area contributed by atoms with Crippen molar-refractivity contribution in [3.8, 4) is 0 Å². The summed E-state index contributed by atoms with van der Waals surface area (Å²) in [7, 11) is 0. The second-order valence-electron chi connectivity index (χ2n) is 6.62. The van der Waals surface area contributed by atoms with E-state index < -0.39 is 6.04 Å². The maximum atomic E-state index is 12.4. The van der Waals surface area contributed by atoms with Crippen LogP contribution < -0.4 is 16.0 Å². The number of carbonyl (C=O) groups excluding carboxylic acids is 3. The molecule has 1 unspecified atom stereocenters. The predicted molar refractivity (Wildman–Crippen MR) is 117 cm³/mol. The lowest BCUT2D eigenvalue weighted by molar-refractivity contribution is -0.119. The van der Waals surface area contributed by atoms with Crippen molar-refractivity contribution in [2.75, 3.05) is 17.2 Å². The lowest BCUT2D eigenvalue weighted by atomic mass is 10.2. The van der Waals surface area contributed by atoms with Gasteiger partial charge in [-0.15, -0.1) is 11.3 Å². The van der Waals surface area contributed by atoms with E-state index in [9.17, 15) is 14.4 Å². The van der Waals surface area contributed by atoms with Gasteiger partial charge >= 0.3 is 0 Å². The first-order valence-electron chi connectivity index (χ1n) is 9.54. The van der Waals surface area contributed by atoms with Crippen molar-refractivity contribution >= 4 is 40.4 Å². The molecule has 3 N–H and O–H groups in total. The zero-order valence-electron chi connectivity index (χ0n) is 16.5. The summed E-state index contributed by atoms with van der Waals surface area (Å²) in [4.78, 5) is 37.0. The van der Waals surface area contributed by atoms with Gasteiger partial charge in [-0.3, -0.25) is 19.1 Å². The molecule has 2 aromatic heterocycles. The van der Waals surface area contributed by atoms with E-state index in [-0.39, 0.29) is 24.1 Å². The summed E-state index contributed by atoms with van der Waals surface area (Å²) in [5, 5.41) is 14.3. The normalized spacial score (nSPS) is 11.5. The van der Waals surface area contributed by atoms with Crippen LogP contribution in [0.4, 0.5) is 11.4 Å². The fourth-order valence-electron chi connectivity index (χ4n) is 2.72. The van der Waals surface area contributed by atoms with Gasteiger partial charge < -0.3 is 16.0 Å². The Balaban J connectivity index is 1.43. The molecule has 0 radical (unpaired) electrons. The highest BCUT2D eigenvalue weighted by Gasteiger charge is 2.15. The van der Waals surface area contributed by atoms with Crippen molar-refractivity contribution in [2.24, 2.45) is 0 Å². The van der Waals surface area contributed by atoms with Gasteiger partial charge in [0, 0.05) is 36.7 Å². The zero-order chi connectivity index (χ0) is 21.3. The second-order valence-corrected chi connectivity index (χ2v) is 7.56. The van der Waals surface area contributed by atoms with Gasteiger partial charge in [0.2, 0.25) is 11.8 Å². The number of hydrogen-bond donors (Lipinski definition) is 3. The number of nitrogens with one attached hydrogen (secondary N) is 3. The molecule has 0 aliphatic carbocycles. The van der Waals surface area contributed by atoms with Crippen molar-refractivity contribution in [3.63, 3.8) is 0 Å². The summed E-state index contributed by atoms with van der Waals surface area (Å²) < 4.78 is 1.57. The highest BCUT2D eigenvalue weighted by atomic mass is 32.1. The summed E-state index contributed by atoms with van der Waals surface area (Å²) in [5.74, 6) is -0.490. The molecule has 8 nitrogen and oxygen atoms in total. The lowest BCUT2D eigenvalue weighted by Crippen LogP contribution is -2.25. The molecule has 0 fully saturated rings. The first kappa shape index (κ1) is 21.3. The summed E-state index contributed by atoms with van der Waals surface area (Å²) in [6.45, 7) is 2.18. The van der Waals surface area contributed by atoms with Gasteiger partial charge in [-0.2, -0.15) is 5.10 Å². The second kappa shape index (κ2) is 10.4. The van der Waals surface area contributed by atoms with Crippen molar-refractivity contribution in [1.82, 2.24) is 15.1 Å². The van der Waals surface area contributed by atoms with Crippen LogP contribution in [0, 0.1) is 0 Å². The molecule has 3 rings (SSSR count). The molecule has 0 saturated carbocycles. The van der Waals surface area contributed by atoms with Crippen LogP contribution in [-0.4, -0.2) is 34.0 Å². The third-order valence-corrected chi connectivity index (χ3v) is 5.19. The molecule has 0 bridgehead atoms. The Morgan fingerprint density at radius 2 is 1.90 bits per heavy atom. The van der Waals surface area contributed by atoms with Crippen LogP contribution in [0.5, 0.6) is 0 Å². The minimum atomic E-state index is -0.456. The molecule has 156 valence electrons. The van der Waals surface area contributed by atoms with Crippen molar-refractivity contribution in [3.05, 3.63) is 65.1 Å². The Morgan fingerprint density at radius 3 is 2.60 bits per heavy atom. The lowest BCUT2D eigenvalue weighted by Gasteiger charge is -2.13. The Kier molecular flexibility index (Phi) is 7.34. The Hall–Kier alpha value is -3.46. The van der Waals surface area contributed by atoms with Crippen LogP contribution in [0.2, 0.25) is 0 Å². The first-order valence-corrected chi connectivity index (χ1v) is 10.4. The molecule has 0 saturated heterocycles. The summed E-state index contributed by atoms with van der Waals surface area (Å²) in [5.41, 5.74) is 1.17. The highest BCUT2D eigenvalue weighted by Crippen LogP contribution is 2.17. The molecule has 0 aliphatic rings. The molecular formula is C21H23N5O3S. The van der Waals surface area contributed by atoms with E-state index in [1.807, 2.05) is 11.4 Å². The van der Waals surface area contributed by atoms with Gasteiger partial charge in [0.25, 0.3) is 5.91 Å². The number of aromatic nitrogens is 2. The Labute approximate surface area is 178 Å². The van der Waals surface area contributed by atoms with Crippen molar-refractivity contribution < 1.29 is 14.4 Å². The molecule has 0 spiro atoms. The summed E-state index contributed by atoms with van der Waals surface area (Å²) in [6, 6.07) is 11.8. The van der Waals surface area contributed by atoms with Crippen LogP contribution in [0.3, 0.4) is 0 Å². The minimum absolute atomic E-state index is 0.127. The van der Waals surface area contributed by atoms with Gasteiger partial charge in [0.15, 0.2) is 0 Å². The van der Waals surface area contributed by atoms with Crippen molar-refractivity contribution in [1.29, 1.82) is 0 Å². The van der Waals surface area contributed by atoms with E-state index in [0.29, 0.717) is 29.2 Å². The van der Waals surface area contributed by atoms with E-state index >= 15 is 0 Å². The van der Waals surface area contributed by atoms with Gasteiger partial charge in [0.05, 0.1) is 4.88 Å². The van der Waals surface area contributed by atoms with E-state index in [4.69, 9.17) is 0 Å². The number of anilines is 2. The van der Waals surface area contributed by atoms with Gasteiger partial charge in [-0.05, 0) is 49.1 Å². The summed E-state index contributed by atoms with van der Waals surface area (Å²) in [6.07, 6.45) is 4.15. The predicted octanol–water partition coefficient (Wildman–Crippen LogP) is 3.29. The van der Waals surface area contributed by atoms with Crippen LogP contribution in [0.25, 0.3) is 0 Å². The number of nitrogens with zero attached hydrogens (tertiary/aromatic N) is 2. The molecule has 1 aromatic carbocycles. The minimum Gasteiger partial charge on any atom is -0.351 e. The monoisotopic (exact) mass is 425 g/mol. The van der Waals surface area contributed by atoms with Crippen molar-refractivity contribution in [2.45, 2.75) is 25.8 Å². The van der Waals surface area contributed by atoms with Gasteiger partial charge in [-0.25, -0.2) is 0 Å². The topological polar surface area (TPSA) is 105 Å². The fraction of sp³-hybridized carbons (Fsp3) is 0.238. The standard InChI is InChI=1S/C21H23N5O3S/c1-15(26-12-5-11-23-26)20(28)25-17-7-2-6-16(14-17)24-19(27)9-3-10-22-21(29)18-8-4-13-30-18/h2,4-8,11-15H,3,9-10H2,1H3,(H,22,29)(H,24,27)(H,25,28). The average Bonchev–Trinajstić information content (AvgIpc) is 3.45. The van der Waals surface area contributed by atoms with Crippen LogP contribution >= 0.6 is 11.3 Å². The molecule has 0 aliphatic heterocycles. The Bertz CT molecular complexity index is 986. The molecule has 30 heavy (non-hydrogen) atoms. The number of hydrogen-bond acceptors (Lipinski definition) is 5. The van der Waals surface area contributed by atoms with Crippen LogP contribution in [-0.2, 0) is 9.59 Å². The van der Waals surface area contributed by atoms with E-state index in [2.05, 4.69) is 21.0 Å². The number of rotatable bonds is 9. The summed E-state index contributed by atoms with van der Waals surface area (Å²) >= 11 is 1.38. The third-order valence-electron chi connectivity index (χ3n) is 4.33. The number of thiophene rings is 1. The first-order chi connectivity index (χ1) is 14.5. The quantitative estimate of drug-likeness (QED) is 0.458. The van der Waals surface area contributed by atoms with Crippen LogP contribution in [0.1, 0.15) is 35.5 Å². The molecule has 2 heterocycles. The highest BCUT2D eigenvalue weighted by molar-refractivity contribution is 7.12. The van der Waals surface area contributed by atoms with E-state index in [1.54, 1.807) is 60.4 Å². The maximum Gasteiger partial charge on any atom is 0.261 e. The molecule has 3 aromatic rings. The van der Waals surface area contributed by atoms with Crippen LogP contribution in [0.15, 0.2) is 60.2 Å². The fourth-order valence-corrected chi connectivity index (χ4v) is 3.36. The Morgan fingerprint density at radius 1 is 1.10 bits per heavy atom. The van der Waals surface area contributed by atoms with Gasteiger partial charge in [0.1, 0.15) is 6.04 Å². The SMILES string of the molecule is CC(C(=O)Nc1cccc(NC(=O)CCCNC(=O)c2cccs2)c1)n1cccn1. The number of carbonyl (C=O) groups is 3. The smallest absolute Gasteiger partial charge is 0.261 e. The van der Waals surface area contributed by atoms with Gasteiger partial charge in [-0.1, -0.05) is 12.1 Å².